The van der Waals surface area contributed by atoms with Crippen LogP contribution in [0.2, 0.25) is 0 Å². The van der Waals surface area contributed by atoms with E-state index in [4.69, 9.17) is 5.11 Å². The molecular weight excluding hydrogens is 282 g/mol. The van der Waals surface area contributed by atoms with Gasteiger partial charge >= 0.3 is 5.97 Å². The molecule has 0 spiro atoms. The zero-order valence-electron chi connectivity index (χ0n) is 10.9. The van der Waals surface area contributed by atoms with Gasteiger partial charge in [-0.25, -0.2) is 8.42 Å². The number of anilines is 1. The normalized spacial score (nSPS) is 21.2. The minimum atomic E-state index is -3.14. The summed E-state index contributed by atoms with van der Waals surface area (Å²) >= 11 is 0. The molecule has 6 nitrogen and oxygen atoms in total. The van der Waals surface area contributed by atoms with E-state index in [9.17, 15) is 18.0 Å². The number of amides is 1. The minimum absolute atomic E-state index is 0.0993. The number of carboxylic acids is 1. The number of carbonyl (C=O) groups excluding carboxylic acids is 1. The number of hydrogen-bond acceptors (Lipinski definition) is 4. The number of aliphatic carboxylic acids is 1. The summed E-state index contributed by atoms with van der Waals surface area (Å²) in [6, 6.07) is 6.53. The standard InChI is InChI=1S/C13H15NO5S/c1-20(18,19)7-8-3-2-4-9(5-8)14-12(15)10-6-11(10)13(16)17/h2-5,10-11H,6-7H2,1H3,(H,14,15)(H,16,17). The Morgan fingerprint density at radius 2 is 2.05 bits per heavy atom. The summed E-state index contributed by atoms with van der Waals surface area (Å²) in [6.45, 7) is 0. The van der Waals surface area contributed by atoms with Crippen LogP contribution in [-0.2, 0) is 25.2 Å². The summed E-state index contributed by atoms with van der Waals surface area (Å²) in [5, 5.41) is 11.4. The molecular formula is C13H15NO5S. The fourth-order valence-corrected chi connectivity index (χ4v) is 2.82. The summed E-state index contributed by atoms with van der Waals surface area (Å²) < 4.78 is 22.4. The van der Waals surface area contributed by atoms with Crippen molar-refractivity contribution in [1.29, 1.82) is 0 Å². The number of carboxylic acid groups (broad SMARTS) is 1. The predicted octanol–water partition coefficient (Wildman–Crippen LogP) is 0.890. The number of hydrogen-bond donors (Lipinski definition) is 2. The maximum atomic E-state index is 11.8. The molecule has 2 atom stereocenters. The monoisotopic (exact) mass is 297 g/mol. The Morgan fingerprint density at radius 3 is 2.60 bits per heavy atom. The Labute approximate surface area is 116 Å². The van der Waals surface area contributed by atoms with Crippen molar-refractivity contribution in [1.82, 2.24) is 0 Å². The van der Waals surface area contributed by atoms with Crippen LogP contribution in [0.4, 0.5) is 5.69 Å². The van der Waals surface area contributed by atoms with Crippen LogP contribution in [0.1, 0.15) is 12.0 Å². The van der Waals surface area contributed by atoms with E-state index in [1.165, 1.54) is 0 Å². The third kappa shape index (κ3) is 3.80. The van der Waals surface area contributed by atoms with Gasteiger partial charge in [0.25, 0.3) is 0 Å². The highest BCUT2D eigenvalue weighted by molar-refractivity contribution is 7.89. The lowest BCUT2D eigenvalue weighted by Gasteiger charge is -2.06. The largest absolute Gasteiger partial charge is 0.481 e. The molecule has 7 heteroatoms. The van der Waals surface area contributed by atoms with Crippen molar-refractivity contribution >= 4 is 27.4 Å². The van der Waals surface area contributed by atoms with Crippen molar-refractivity contribution in [3.05, 3.63) is 29.8 Å². The maximum Gasteiger partial charge on any atom is 0.307 e. The van der Waals surface area contributed by atoms with E-state index in [2.05, 4.69) is 5.32 Å². The maximum absolute atomic E-state index is 11.8. The first-order valence-electron chi connectivity index (χ1n) is 6.06. The van der Waals surface area contributed by atoms with E-state index in [1.807, 2.05) is 0 Å². The van der Waals surface area contributed by atoms with E-state index >= 15 is 0 Å². The van der Waals surface area contributed by atoms with E-state index in [-0.39, 0.29) is 11.7 Å². The van der Waals surface area contributed by atoms with Gasteiger partial charge in [-0.1, -0.05) is 12.1 Å². The average molecular weight is 297 g/mol. The highest BCUT2D eigenvalue weighted by Crippen LogP contribution is 2.39. The van der Waals surface area contributed by atoms with Crippen LogP contribution < -0.4 is 5.32 Å². The second-order valence-electron chi connectivity index (χ2n) is 5.05. The Kier molecular flexibility index (Phi) is 3.80. The first-order valence-corrected chi connectivity index (χ1v) is 8.12. The van der Waals surface area contributed by atoms with Crippen LogP contribution in [-0.4, -0.2) is 31.7 Å². The van der Waals surface area contributed by atoms with Crippen molar-refractivity contribution < 1.29 is 23.1 Å². The van der Waals surface area contributed by atoms with Gasteiger partial charge in [0.1, 0.15) is 0 Å². The molecule has 2 unspecified atom stereocenters. The van der Waals surface area contributed by atoms with Gasteiger partial charge in [-0.2, -0.15) is 0 Å². The third-order valence-corrected chi connectivity index (χ3v) is 3.93. The van der Waals surface area contributed by atoms with Gasteiger partial charge in [0, 0.05) is 11.9 Å². The predicted molar refractivity (Wildman–Crippen MR) is 72.9 cm³/mol. The number of carbonyl (C=O) groups is 2. The smallest absolute Gasteiger partial charge is 0.307 e. The highest BCUT2D eigenvalue weighted by atomic mass is 32.2. The van der Waals surface area contributed by atoms with Gasteiger partial charge in [-0.15, -0.1) is 0 Å². The van der Waals surface area contributed by atoms with Crippen molar-refractivity contribution in [3.63, 3.8) is 0 Å². The molecule has 1 saturated carbocycles. The molecule has 0 aliphatic heterocycles. The summed E-state index contributed by atoms with van der Waals surface area (Å²) in [6.07, 6.45) is 1.49. The molecule has 1 aromatic rings. The van der Waals surface area contributed by atoms with Crippen molar-refractivity contribution in [2.24, 2.45) is 11.8 Å². The minimum Gasteiger partial charge on any atom is -0.481 e. The lowest BCUT2D eigenvalue weighted by atomic mass is 10.2. The van der Waals surface area contributed by atoms with Crippen LogP contribution >= 0.6 is 0 Å². The van der Waals surface area contributed by atoms with Gasteiger partial charge < -0.3 is 10.4 Å². The van der Waals surface area contributed by atoms with Crippen LogP contribution in [0.15, 0.2) is 24.3 Å². The second kappa shape index (κ2) is 5.24. The average Bonchev–Trinajstić information content (AvgIpc) is 3.06. The molecule has 1 aliphatic rings. The van der Waals surface area contributed by atoms with Crippen molar-refractivity contribution in [2.45, 2.75) is 12.2 Å². The summed E-state index contributed by atoms with van der Waals surface area (Å²) in [5.74, 6) is -2.50. The van der Waals surface area contributed by atoms with E-state index in [0.29, 0.717) is 17.7 Å². The van der Waals surface area contributed by atoms with E-state index in [0.717, 1.165) is 6.26 Å². The molecule has 1 amide bonds. The lowest BCUT2D eigenvalue weighted by Crippen LogP contribution is -2.17. The Bertz CT molecular complexity index is 652. The van der Waals surface area contributed by atoms with Crippen LogP contribution in [0.3, 0.4) is 0 Å². The third-order valence-electron chi connectivity index (χ3n) is 3.07. The van der Waals surface area contributed by atoms with Crippen LogP contribution in [0, 0.1) is 11.8 Å². The summed E-state index contributed by atoms with van der Waals surface area (Å²) in [5.41, 5.74) is 1.06. The van der Waals surface area contributed by atoms with Crippen LogP contribution in [0.5, 0.6) is 0 Å². The number of nitrogens with one attached hydrogen (secondary N) is 1. The number of benzene rings is 1. The zero-order chi connectivity index (χ0) is 14.9. The Balaban J connectivity index is 2.02. The molecule has 0 saturated heterocycles. The number of rotatable bonds is 5. The second-order valence-corrected chi connectivity index (χ2v) is 7.19. The van der Waals surface area contributed by atoms with Crippen LogP contribution in [0.25, 0.3) is 0 Å². The lowest BCUT2D eigenvalue weighted by molar-refractivity contribution is -0.139. The summed E-state index contributed by atoms with van der Waals surface area (Å²) in [7, 11) is -3.14. The van der Waals surface area contributed by atoms with Crippen molar-refractivity contribution in [3.8, 4) is 0 Å². The number of sulfone groups is 1. The molecule has 0 aromatic heterocycles. The first kappa shape index (κ1) is 14.5. The molecule has 108 valence electrons. The van der Waals surface area contributed by atoms with Gasteiger partial charge in [0.15, 0.2) is 9.84 Å². The molecule has 2 N–H and O–H groups in total. The van der Waals surface area contributed by atoms with Gasteiger partial charge in [-0.3, -0.25) is 9.59 Å². The fourth-order valence-electron chi connectivity index (χ4n) is 2.03. The van der Waals surface area contributed by atoms with Crippen molar-refractivity contribution in [2.75, 3.05) is 11.6 Å². The molecule has 0 radical (unpaired) electrons. The Hall–Kier alpha value is -1.89. The molecule has 0 bridgehead atoms. The molecule has 1 aliphatic carbocycles. The topological polar surface area (TPSA) is 101 Å². The fraction of sp³-hybridized carbons (Fsp3) is 0.385. The highest BCUT2D eigenvalue weighted by Gasteiger charge is 2.48. The SMILES string of the molecule is CS(=O)(=O)Cc1cccc(NC(=O)C2CC2C(=O)O)c1. The Morgan fingerprint density at radius 1 is 1.35 bits per heavy atom. The van der Waals surface area contributed by atoms with Gasteiger partial charge in [0.05, 0.1) is 17.6 Å². The molecule has 2 rings (SSSR count). The first-order chi connectivity index (χ1) is 9.26. The van der Waals surface area contributed by atoms with Gasteiger partial charge in [-0.05, 0) is 24.1 Å². The van der Waals surface area contributed by atoms with E-state index in [1.54, 1.807) is 24.3 Å². The molecule has 1 fully saturated rings. The quantitative estimate of drug-likeness (QED) is 0.840. The zero-order valence-corrected chi connectivity index (χ0v) is 11.7. The van der Waals surface area contributed by atoms with Gasteiger partial charge in [0.2, 0.25) is 5.91 Å². The molecule has 20 heavy (non-hydrogen) atoms. The van der Waals surface area contributed by atoms with E-state index < -0.39 is 27.6 Å². The summed E-state index contributed by atoms with van der Waals surface area (Å²) in [4.78, 5) is 22.5. The molecule has 0 heterocycles. The molecule has 1 aromatic carbocycles.